The molecule has 0 atom stereocenters. The minimum Gasteiger partial charge on any atom is -0.465 e. The Bertz CT molecular complexity index is 466. The van der Waals surface area contributed by atoms with E-state index < -0.39 is 0 Å². The first-order chi connectivity index (χ1) is 8.13. The van der Waals surface area contributed by atoms with Crippen LogP contribution < -0.4 is 0 Å². The van der Waals surface area contributed by atoms with Crippen LogP contribution in [0.5, 0.6) is 0 Å². The molecule has 0 spiro atoms. The van der Waals surface area contributed by atoms with Gasteiger partial charge in [0.05, 0.1) is 7.11 Å². The van der Waals surface area contributed by atoms with Gasteiger partial charge in [0.2, 0.25) is 0 Å². The lowest BCUT2D eigenvalue weighted by molar-refractivity contribution is -0.109. The van der Waals surface area contributed by atoms with Gasteiger partial charge in [-0.15, -0.1) is 11.3 Å². The molecule has 1 aromatic rings. The highest BCUT2D eigenvalue weighted by Crippen LogP contribution is 2.14. The SMILES string of the molecule is COC(=O)c1cc(C#CCCSC(C)=O)cs1. The smallest absolute Gasteiger partial charge is 0.348 e. The molecule has 1 aromatic heterocycles. The van der Waals surface area contributed by atoms with Crippen molar-refractivity contribution in [2.24, 2.45) is 0 Å². The third-order valence-electron chi connectivity index (χ3n) is 1.75. The fraction of sp³-hybridized carbons (Fsp3) is 0.333. The van der Waals surface area contributed by atoms with Crippen molar-refractivity contribution in [2.45, 2.75) is 13.3 Å². The second kappa shape index (κ2) is 7.15. The molecule has 0 fully saturated rings. The number of thiophene rings is 1. The van der Waals surface area contributed by atoms with Gasteiger partial charge in [0.1, 0.15) is 4.88 Å². The van der Waals surface area contributed by atoms with Crippen molar-refractivity contribution in [1.29, 1.82) is 0 Å². The van der Waals surface area contributed by atoms with Crippen LogP contribution in [0, 0.1) is 11.8 Å². The molecule has 0 radical (unpaired) electrons. The molecule has 0 N–H and O–H groups in total. The fourth-order valence-electron chi connectivity index (χ4n) is 1.02. The first-order valence-electron chi connectivity index (χ1n) is 4.92. The molecule has 3 nitrogen and oxygen atoms in total. The maximum atomic E-state index is 11.2. The van der Waals surface area contributed by atoms with Crippen molar-refractivity contribution < 1.29 is 14.3 Å². The normalized spacial score (nSPS) is 9.29. The molecular weight excluding hydrogens is 256 g/mol. The summed E-state index contributed by atoms with van der Waals surface area (Å²) in [7, 11) is 1.35. The Morgan fingerprint density at radius 2 is 2.29 bits per heavy atom. The summed E-state index contributed by atoms with van der Waals surface area (Å²) in [5.74, 6) is 6.27. The summed E-state index contributed by atoms with van der Waals surface area (Å²) in [6.45, 7) is 1.54. The Kier molecular flexibility index (Phi) is 5.81. The number of ether oxygens (including phenoxy) is 1. The summed E-state index contributed by atoms with van der Waals surface area (Å²) in [6.07, 6.45) is 0.660. The third-order valence-corrected chi connectivity index (χ3v) is 3.48. The zero-order chi connectivity index (χ0) is 12.7. The lowest BCUT2D eigenvalue weighted by atomic mass is 10.3. The van der Waals surface area contributed by atoms with Crippen molar-refractivity contribution in [3.05, 3.63) is 21.9 Å². The second-order valence-corrected chi connectivity index (χ2v) is 5.27. The molecule has 1 rings (SSSR count). The Labute approximate surface area is 109 Å². The zero-order valence-corrected chi connectivity index (χ0v) is 11.2. The summed E-state index contributed by atoms with van der Waals surface area (Å²) in [6, 6.07) is 1.71. The van der Waals surface area contributed by atoms with Crippen molar-refractivity contribution in [2.75, 3.05) is 12.9 Å². The largest absolute Gasteiger partial charge is 0.465 e. The highest BCUT2D eigenvalue weighted by atomic mass is 32.2. The van der Waals surface area contributed by atoms with E-state index in [1.54, 1.807) is 13.0 Å². The predicted octanol–water partition coefficient (Wildman–Crippen LogP) is 2.56. The minimum atomic E-state index is -0.338. The van der Waals surface area contributed by atoms with Gasteiger partial charge in [0.15, 0.2) is 5.12 Å². The predicted molar refractivity (Wildman–Crippen MR) is 70.3 cm³/mol. The third kappa shape index (κ3) is 5.07. The lowest BCUT2D eigenvalue weighted by Gasteiger charge is -1.90. The van der Waals surface area contributed by atoms with Crippen LogP contribution in [0.4, 0.5) is 0 Å². The molecule has 0 aliphatic rings. The van der Waals surface area contributed by atoms with Gasteiger partial charge in [-0.1, -0.05) is 23.6 Å². The number of rotatable bonds is 3. The van der Waals surface area contributed by atoms with Gasteiger partial charge in [-0.2, -0.15) is 0 Å². The van der Waals surface area contributed by atoms with E-state index in [0.29, 0.717) is 17.1 Å². The summed E-state index contributed by atoms with van der Waals surface area (Å²) in [4.78, 5) is 22.4. The summed E-state index contributed by atoms with van der Waals surface area (Å²) < 4.78 is 4.60. The van der Waals surface area contributed by atoms with Gasteiger partial charge < -0.3 is 4.74 Å². The molecule has 0 aliphatic heterocycles. The Balaban J connectivity index is 2.46. The van der Waals surface area contributed by atoms with Crippen LogP contribution in [0.2, 0.25) is 0 Å². The van der Waals surface area contributed by atoms with E-state index in [1.807, 2.05) is 5.38 Å². The molecule has 5 heteroatoms. The number of hydrogen-bond acceptors (Lipinski definition) is 5. The molecule has 0 saturated carbocycles. The maximum Gasteiger partial charge on any atom is 0.348 e. The lowest BCUT2D eigenvalue weighted by Crippen LogP contribution is -1.96. The van der Waals surface area contributed by atoms with Crippen LogP contribution in [0.1, 0.15) is 28.6 Å². The monoisotopic (exact) mass is 268 g/mol. The van der Waals surface area contributed by atoms with E-state index >= 15 is 0 Å². The maximum absolute atomic E-state index is 11.2. The number of thioether (sulfide) groups is 1. The number of carbonyl (C=O) groups excluding carboxylic acids is 2. The number of carbonyl (C=O) groups is 2. The van der Waals surface area contributed by atoms with Crippen LogP contribution in [-0.4, -0.2) is 23.9 Å². The number of methoxy groups -OCH3 is 1. The summed E-state index contributed by atoms with van der Waals surface area (Å²) in [5.41, 5.74) is 0.809. The van der Waals surface area contributed by atoms with Crippen LogP contribution in [0.25, 0.3) is 0 Å². The standard InChI is InChI=1S/C12H12O3S2/c1-9(13)16-6-4-3-5-10-7-11(17-8-10)12(14)15-2/h7-8H,4,6H2,1-2H3. The molecule has 0 aliphatic carbocycles. The molecule has 0 saturated heterocycles. The van der Waals surface area contributed by atoms with Crippen molar-refractivity contribution >= 4 is 34.2 Å². The number of esters is 1. The quantitative estimate of drug-likeness (QED) is 0.480. The van der Waals surface area contributed by atoms with Crippen LogP contribution in [0.3, 0.4) is 0 Å². The highest BCUT2D eigenvalue weighted by Gasteiger charge is 2.07. The van der Waals surface area contributed by atoms with Gasteiger partial charge >= 0.3 is 5.97 Å². The molecule has 0 bridgehead atoms. The summed E-state index contributed by atoms with van der Waals surface area (Å²) >= 11 is 2.58. The van der Waals surface area contributed by atoms with E-state index in [4.69, 9.17) is 0 Å². The molecule has 90 valence electrons. The molecule has 0 unspecified atom stereocenters. The minimum absolute atomic E-state index is 0.107. The second-order valence-electron chi connectivity index (χ2n) is 3.08. The average molecular weight is 268 g/mol. The van der Waals surface area contributed by atoms with Crippen LogP contribution >= 0.6 is 23.1 Å². The molecule has 17 heavy (non-hydrogen) atoms. The van der Waals surface area contributed by atoms with Gasteiger partial charge in [0.25, 0.3) is 0 Å². The highest BCUT2D eigenvalue weighted by molar-refractivity contribution is 8.13. The van der Waals surface area contributed by atoms with E-state index in [1.165, 1.54) is 30.2 Å². The van der Waals surface area contributed by atoms with Crippen LogP contribution in [0.15, 0.2) is 11.4 Å². The molecule has 0 amide bonds. The number of hydrogen-bond donors (Lipinski definition) is 0. The van der Waals surface area contributed by atoms with Gasteiger partial charge in [-0.05, 0) is 6.07 Å². The average Bonchev–Trinajstić information content (AvgIpc) is 2.76. The van der Waals surface area contributed by atoms with Gasteiger partial charge in [0, 0.05) is 30.0 Å². The van der Waals surface area contributed by atoms with E-state index in [2.05, 4.69) is 16.6 Å². The van der Waals surface area contributed by atoms with Crippen molar-refractivity contribution in [3.63, 3.8) is 0 Å². The molecular formula is C12H12O3S2. The van der Waals surface area contributed by atoms with E-state index in [0.717, 1.165) is 5.56 Å². The first-order valence-corrected chi connectivity index (χ1v) is 6.79. The Hall–Kier alpha value is -1.25. The topological polar surface area (TPSA) is 43.4 Å². The van der Waals surface area contributed by atoms with E-state index in [9.17, 15) is 9.59 Å². The summed E-state index contributed by atoms with van der Waals surface area (Å²) in [5, 5.41) is 1.92. The molecule has 1 heterocycles. The van der Waals surface area contributed by atoms with Crippen molar-refractivity contribution in [1.82, 2.24) is 0 Å². The Morgan fingerprint density at radius 3 is 2.94 bits per heavy atom. The van der Waals surface area contributed by atoms with Gasteiger partial charge in [-0.25, -0.2) is 4.79 Å². The van der Waals surface area contributed by atoms with Crippen LogP contribution in [-0.2, 0) is 9.53 Å². The van der Waals surface area contributed by atoms with Crippen molar-refractivity contribution in [3.8, 4) is 11.8 Å². The molecule has 0 aromatic carbocycles. The Morgan fingerprint density at radius 1 is 1.53 bits per heavy atom. The fourth-order valence-corrected chi connectivity index (χ4v) is 2.27. The van der Waals surface area contributed by atoms with E-state index in [-0.39, 0.29) is 11.1 Å². The zero-order valence-electron chi connectivity index (χ0n) is 9.61. The van der Waals surface area contributed by atoms with Gasteiger partial charge in [-0.3, -0.25) is 4.79 Å². The first kappa shape index (κ1) is 13.8.